The molecule has 0 bridgehead atoms. The van der Waals surface area contributed by atoms with Crippen LogP contribution in [0.4, 0.5) is 0 Å². The maximum absolute atomic E-state index is 14.1. The molecule has 2 aliphatic heterocycles. The first-order chi connectivity index (χ1) is 17.6. The average Bonchev–Trinajstić information content (AvgIpc) is 3.37. The van der Waals surface area contributed by atoms with Gasteiger partial charge in [0.25, 0.3) is 0 Å². The molecule has 3 unspecified atom stereocenters. The van der Waals surface area contributed by atoms with E-state index >= 15 is 0 Å². The van der Waals surface area contributed by atoms with Crippen molar-refractivity contribution in [3.8, 4) is 0 Å². The van der Waals surface area contributed by atoms with Crippen LogP contribution in [-0.4, -0.2) is 58.0 Å². The van der Waals surface area contributed by atoms with Crippen LogP contribution >= 0.6 is 0 Å². The van der Waals surface area contributed by atoms with Gasteiger partial charge in [-0.3, -0.25) is 9.69 Å². The highest BCUT2D eigenvalue weighted by Gasteiger charge is 2.45. The van der Waals surface area contributed by atoms with Gasteiger partial charge < -0.3 is 10.0 Å². The van der Waals surface area contributed by atoms with Crippen molar-refractivity contribution in [2.24, 2.45) is 0 Å². The fourth-order valence-corrected chi connectivity index (χ4v) is 6.08. The minimum atomic E-state index is -0.914. The summed E-state index contributed by atoms with van der Waals surface area (Å²) >= 11 is 0. The second kappa shape index (κ2) is 11.1. The number of rotatable bonds is 7. The fourth-order valence-electron chi connectivity index (χ4n) is 6.08. The van der Waals surface area contributed by atoms with Crippen LogP contribution in [0.25, 0.3) is 0 Å². The molecule has 3 aromatic rings. The maximum atomic E-state index is 14.1. The molecule has 0 saturated carbocycles. The Hall–Kier alpha value is -3.44. The highest BCUT2D eigenvalue weighted by Crippen LogP contribution is 2.34. The quantitative estimate of drug-likeness (QED) is 0.517. The molecule has 0 radical (unpaired) electrons. The molecule has 0 aliphatic carbocycles. The third-order valence-electron chi connectivity index (χ3n) is 7.82. The molecule has 0 aromatic heterocycles. The van der Waals surface area contributed by atoms with E-state index in [9.17, 15) is 14.7 Å². The SMILES string of the molecule is O=C(O)C1CC(N2CCCCC2Cc2ccccc2)CN1C(=O)C(c1ccccc1)c1ccccc1. The first kappa shape index (κ1) is 24.3. The van der Waals surface area contributed by atoms with Crippen LogP contribution in [0, 0.1) is 0 Å². The molecule has 5 rings (SSSR count). The monoisotopic (exact) mass is 482 g/mol. The number of hydrogen-bond donors (Lipinski definition) is 1. The number of carboxylic acid groups (broad SMARTS) is 1. The summed E-state index contributed by atoms with van der Waals surface area (Å²) in [5.41, 5.74) is 3.09. The van der Waals surface area contributed by atoms with Crippen LogP contribution in [0.3, 0.4) is 0 Å². The Kier molecular flexibility index (Phi) is 7.47. The third kappa shape index (κ3) is 5.21. The van der Waals surface area contributed by atoms with Gasteiger partial charge in [0, 0.05) is 18.6 Å². The van der Waals surface area contributed by atoms with Crippen LogP contribution in [0.15, 0.2) is 91.0 Å². The number of likely N-dealkylation sites (tertiary alicyclic amines) is 2. The zero-order chi connectivity index (χ0) is 24.9. The predicted octanol–water partition coefficient (Wildman–Crippen LogP) is 4.97. The minimum Gasteiger partial charge on any atom is -0.480 e. The molecular weight excluding hydrogens is 448 g/mol. The summed E-state index contributed by atoms with van der Waals surface area (Å²) in [5.74, 6) is -1.56. The first-order valence-electron chi connectivity index (χ1n) is 13.0. The molecule has 1 amide bonds. The Morgan fingerprint density at radius 2 is 1.42 bits per heavy atom. The molecule has 1 N–H and O–H groups in total. The number of carbonyl (C=O) groups is 2. The van der Waals surface area contributed by atoms with E-state index in [-0.39, 0.29) is 11.9 Å². The summed E-state index contributed by atoms with van der Waals surface area (Å²) in [6.45, 7) is 1.41. The zero-order valence-electron chi connectivity index (χ0n) is 20.6. The summed E-state index contributed by atoms with van der Waals surface area (Å²) in [7, 11) is 0. The smallest absolute Gasteiger partial charge is 0.326 e. The van der Waals surface area contributed by atoms with Gasteiger partial charge in [-0.2, -0.15) is 0 Å². The van der Waals surface area contributed by atoms with Gasteiger partial charge in [-0.15, -0.1) is 0 Å². The van der Waals surface area contributed by atoms with Crippen molar-refractivity contribution in [3.05, 3.63) is 108 Å². The second-order valence-corrected chi connectivity index (χ2v) is 10.1. The highest BCUT2D eigenvalue weighted by atomic mass is 16.4. The Morgan fingerprint density at radius 1 is 0.833 bits per heavy atom. The van der Waals surface area contributed by atoms with E-state index in [0.717, 1.165) is 36.9 Å². The molecule has 2 aliphatic rings. The summed E-state index contributed by atoms with van der Waals surface area (Å²) < 4.78 is 0. The Morgan fingerprint density at radius 3 is 2.00 bits per heavy atom. The van der Waals surface area contributed by atoms with Crippen LogP contribution in [-0.2, 0) is 16.0 Å². The van der Waals surface area contributed by atoms with Crippen LogP contribution in [0.5, 0.6) is 0 Å². The van der Waals surface area contributed by atoms with E-state index in [1.165, 1.54) is 12.0 Å². The van der Waals surface area contributed by atoms with Crippen molar-refractivity contribution in [3.63, 3.8) is 0 Å². The number of hydrogen-bond acceptors (Lipinski definition) is 3. The summed E-state index contributed by atoms with van der Waals surface area (Å²) in [5, 5.41) is 10.2. The predicted molar refractivity (Wildman–Crippen MR) is 141 cm³/mol. The molecule has 36 heavy (non-hydrogen) atoms. The number of aliphatic carboxylic acids is 1. The van der Waals surface area contributed by atoms with Gasteiger partial charge in [0.2, 0.25) is 5.91 Å². The first-order valence-corrected chi connectivity index (χ1v) is 13.0. The molecule has 3 atom stereocenters. The Balaban J connectivity index is 1.41. The van der Waals surface area contributed by atoms with Gasteiger partial charge >= 0.3 is 5.97 Å². The lowest BCUT2D eigenvalue weighted by atomic mass is 9.90. The number of nitrogens with zero attached hydrogens (tertiary/aromatic N) is 2. The van der Waals surface area contributed by atoms with Gasteiger partial charge in [-0.05, 0) is 48.9 Å². The minimum absolute atomic E-state index is 0.0521. The van der Waals surface area contributed by atoms with Gasteiger partial charge in [-0.1, -0.05) is 97.4 Å². The second-order valence-electron chi connectivity index (χ2n) is 10.1. The molecule has 0 spiro atoms. The van der Waals surface area contributed by atoms with Gasteiger partial charge in [0.15, 0.2) is 0 Å². The lowest BCUT2D eigenvalue weighted by Gasteiger charge is -2.40. The number of benzene rings is 3. The van der Waals surface area contributed by atoms with E-state index in [0.29, 0.717) is 19.0 Å². The van der Waals surface area contributed by atoms with E-state index in [1.54, 1.807) is 4.90 Å². The van der Waals surface area contributed by atoms with Gasteiger partial charge in [0.1, 0.15) is 6.04 Å². The van der Waals surface area contributed by atoms with Crippen LogP contribution in [0.2, 0.25) is 0 Å². The van der Waals surface area contributed by atoms with Crippen molar-refractivity contribution < 1.29 is 14.7 Å². The summed E-state index contributed by atoms with van der Waals surface area (Å²) in [6, 6.07) is 29.6. The maximum Gasteiger partial charge on any atom is 0.326 e. The van der Waals surface area contributed by atoms with Gasteiger partial charge in [-0.25, -0.2) is 4.79 Å². The average molecular weight is 483 g/mol. The molecule has 3 aromatic carbocycles. The number of piperidine rings is 1. The van der Waals surface area contributed by atoms with E-state index < -0.39 is 17.9 Å². The Labute approximate surface area is 213 Å². The van der Waals surface area contributed by atoms with Crippen molar-refractivity contribution in [1.82, 2.24) is 9.80 Å². The van der Waals surface area contributed by atoms with Crippen LogP contribution in [0.1, 0.15) is 48.3 Å². The largest absolute Gasteiger partial charge is 0.480 e. The molecule has 5 nitrogen and oxygen atoms in total. The van der Waals surface area contributed by atoms with Crippen molar-refractivity contribution >= 4 is 11.9 Å². The summed E-state index contributed by atoms with van der Waals surface area (Å²) in [4.78, 5) is 30.7. The normalized spacial score (nSPS) is 22.6. The van der Waals surface area contributed by atoms with E-state index in [1.807, 2.05) is 66.7 Å². The zero-order valence-corrected chi connectivity index (χ0v) is 20.6. The van der Waals surface area contributed by atoms with Crippen LogP contribution < -0.4 is 0 Å². The van der Waals surface area contributed by atoms with E-state index in [4.69, 9.17) is 0 Å². The third-order valence-corrected chi connectivity index (χ3v) is 7.82. The number of carboxylic acids is 1. The van der Waals surface area contributed by atoms with Crippen molar-refractivity contribution in [2.45, 2.75) is 56.1 Å². The van der Waals surface area contributed by atoms with Crippen molar-refractivity contribution in [2.75, 3.05) is 13.1 Å². The molecule has 2 heterocycles. The lowest BCUT2D eigenvalue weighted by molar-refractivity contribution is -0.148. The molecule has 2 fully saturated rings. The van der Waals surface area contributed by atoms with Crippen molar-refractivity contribution in [1.29, 1.82) is 0 Å². The van der Waals surface area contributed by atoms with E-state index in [2.05, 4.69) is 29.2 Å². The molecule has 2 saturated heterocycles. The molecule has 5 heteroatoms. The summed E-state index contributed by atoms with van der Waals surface area (Å²) in [6.07, 6.45) is 4.84. The molecule has 186 valence electrons. The standard InChI is InChI=1S/C31H34N2O3/c34-30(29(24-14-6-2-7-15-24)25-16-8-3-9-17-25)33-22-27(21-28(33)31(35)36)32-19-11-10-18-26(32)20-23-12-4-1-5-13-23/h1-9,12-17,26-29H,10-11,18-22H2,(H,35,36). The Bertz CT molecular complexity index is 1110. The number of carbonyl (C=O) groups excluding carboxylic acids is 1. The topological polar surface area (TPSA) is 60.9 Å². The van der Waals surface area contributed by atoms with Gasteiger partial charge in [0.05, 0.1) is 5.92 Å². The molecular formula is C31H34N2O3. The number of amides is 1. The highest BCUT2D eigenvalue weighted by molar-refractivity contribution is 5.91. The lowest BCUT2D eigenvalue weighted by Crippen LogP contribution is -2.49. The fraction of sp³-hybridized carbons (Fsp3) is 0.355.